The topological polar surface area (TPSA) is 52.6 Å². The first-order valence-electron chi connectivity index (χ1n) is 13.1. The number of carbonyl (C=O) groups excluding carboxylic acids is 2. The van der Waals surface area contributed by atoms with Crippen LogP contribution in [0.5, 0.6) is 11.5 Å². The van der Waals surface area contributed by atoms with Crippen molar-refractivity contribution < 1.29 is 19.1 Å². The summed E-state index contributed by atoms with van der Waals surface area (Å²) in [6.07, 6.45) is 13.3. The first-order chi connectivity index (χ1) is 18.1. The molecular formula is C32H35ClO4. The molecule has 0 unspecified atom stereocenters. The molecule has 0 aromatic heterocycles. The molecule has 0 saturated carbocycles. The number of allylic oxidation sites excluding steroid dienone is 1. The fourth-order valence-electron chi connectivity index (χ4n) is 3.85. The van der Waals surface area contributed by atoms with Crippen LogP contribution in [-0.4, -0.2) is 18.4 Å². The third-order valence-corrected chi connectivity index (χ3v) is 6.34. The van der Waals surface area contributed by atoms with Gasteiger partial charge in [-0.1, -0.05) is 93.8 Å². The maximum atomic E-state index is 12.5. The number of carbonyl (C=O) groups is 2. The lowest BCUT2D eigenvalue weighted by Gasteiger charge is -2.08. The van der Waals surface area contributed by atoms with E-state index in [0.717, 1.165) is 17.7 Å². The number of ketones is 1. The number of rotatable bonds is 15. The predicted octanol–water partition coefficient (Wildman–Crippen LogP) is 8.97. The standard InChI is InChI=1S/C32H35ClO4/c1-2-3-4-5-6-7-8-11-24-36-27-21-17-26(18-22-27)32(35)37-28-19-14-25(15-20-28)16-23-31(34)29-12-9-10-13-30(29)33/h9-10,12-23H,2-8,11,24H2,1H3/b23-16+. The van der Waals surface area contributed by atoms with E-state index in [-0.39, 0.29) is 5.78 Å². The Morgan fingerprint density at radius 2 is 1.38 bits per heavy atom. The van der Waals surface area contributed by atoms with Crippen LogP contribution in [-0.2, 0) is 0 Å². The summed E-state index contributed by atoms with van der Waals surface area (Å²) < 4.78 is 11.3. The van der Waals surface area contributed by atoms with Crippen molar-refractivity contribution in [1.29, 1.82) is 0 Å². The van der Waals surface area contributed by atoms with E-state index in [1.165, 1.54) is 51.0 Å². The molecular weight excluding hydrogens is 484 g/mol. The number of hydrogen-bond donors (Lipinski definition) is 0. The average molecular weight is 519 g/mol. The van der Waals surface area contributed by atoms with Crippen molar-refractivity contribution in [3.05, 3.63) is 101 Å². The fraction of sp³-hybridized carbons (Fsp3) is 0.312. The van der Waals surface area contributed by atoms with Crippen molar-refractivity contribution >= 4 is 29.4 Å². The minimum atomic E-state index is -0.438. The van der Waals surface area contributed by atoms with Gasteiger partial charge < -0.3 is 9.47 Å². The lowest BCUT2D eigenvalue weighted by molar-refractivity contribution is 0.0734. The fourth-order valence-corrected chi connectivity index (χ4v) is 4.08. The van der Waals surface area contributed by atoms with Crippen LogP contribution in [0.25, 0.3) is 6.08 Å². The summed E-state index contributed by atoms with van der Waals surface area (Å²) in [5, 5.41) is 0.419. The van der Waals surface area contributed by atoms with Gasteiger partial charge in [-0.15, -0.1) is 0 Å². The van der Waals surface area contributed by atoms with Gasteiger partial charge in [0, 0.05) is 5.56 Å². The van der Waals surface area contributed by atoms with Gasteiger partial charge in [0.1, 0.15) is 11.5 Å². The first kappa shape index (κ1) is 28.2. The molecule has 0 bridgehead atoms. The number of unbranched alkanes of at least 4 members (excludes halogenated alkanes) is 7. The molecule has 0 atom stereocenters. The molecule has 0 amide bonds. The van der Waals surface area contributed by atoms with Gasteiger partial charge in [0.2, 0.25) is 0 Å². The number of halogens is 1. The summed E-state index contributed by atoms with van der Waals surface area (Å²) in [5.41, 5.74) is 1.71. The van der Waals surface area contributed by atoms with Crippen LogP contribution >= 0.6 is 11.6 Å². The van der Waals surface area contributed by atoms with Crippen LogP contribution in [0.4, 0.5) is 0 Å². The second kappa shape index (κ2) is 15.7. The van der Waals surface area contributed by atoms with Crippen molar-refractivity contribution in [3.8, 4) is 11.5 Å². The molecule has 3 rings (SSSR count). The SMILES string of the molecule is CCCCCCCCCCOc1ccc(C(=O)Oc2ccc(/C=C/C(=O)c3ccccc3Cl)cc2)cc1. The average Bonchev–Trinajstić information content (AvgIpc) is 2.92. The summed E-state index contributed by atoms with van der Waals surface area (Å²) in [4.78, 5) is 24.8. The van der Waals surface area contributed by atoms with E-state index in [4.69, 9.17) is 21.1 Å². The number of ether oxygens (including phenoxy) is 2. The van der Waals surface area contributed by atoms with Gasteiger partial charge in [-0.2, -0.15) is 0 Å². The second-order valence-corrected chi connectivity index (χ2v) is 9.39. The van der Waals surface area contributed by atoms with Crippen molar-refractivity contribution in [3.63, 3.8) is 0 Å². The molecule has 0 heterocycles. The number of benzene rings is 3. The van der Waals surface area contributed by atoms with E-state index in [9.17, 15) is 9.59 Å². The van der Waals surface area contributed by atoms with Crippen LogP contribution in [0.15, 0.2) is 78.9 Å². The van der Waals surface area contributed by atoms with Gasteiger partial charge in [0.15, 0.2) is 5.78 Å². The summed E-state index contributed by atoms with van der Waals surface area (Å²) in [6, 6.07) is 20.9. The molecule has 3 aromatic rings. The molecule has 37 heavy (non-hydrogen) atoms. The zero-order valence-corrected chi connectivity index (χ0v) is 22.2. The Labute approximate surface area is 225 Å². The van der Waals surface area contributed by atoms with Crippen molar-refractivity contribution in [2.75, 3.05) is 6.61 Å². The van der Waals surface area contributed by atoms with Gasteiger partial charge in [-0.25, -0.2) is 4.79 Å². The summed E-state index contributed by atoms with van der Waals surface area (Å²) in [6.45, 7) is 2.92. The molecule has 194 valence electrons. The summed E-state index contributed by atoms with van der Waals surface area (Å²) >= 11 is 6.07. The van der Waals surface area contributed by atoms with Gasteiger partial charge in [0.05, 0.1) is 17.2 Å². The Hall–Kier alpha value is -3.37. The Bertz CT molecular complexity index is 1150. The minimum absolute atomic E-state index is 0.175. The quantitative estimate of drug-likeness (QED) is 0.0662. The highest BCUT2D eigenvalue weighted by Crippen LogP contribution is 2.19. The molecule has 0 spiro atoms. The Balaban J connectivity index is 1.40. The van der Waals surface area contributed by atoms with Crippen molar-refractivity contribution in [2.45, 2.75) is 58.3 Å². The molecule has 0 N–H and O–H groups in total. The smallest absolute Gasteiger partial charge is 0.343 e. The molecule has 4 nitrogen and oxygen atoms in total. The van der Waals surface area contributed by atoms with Gasteiger partial charge >= 0.3 is 5.97 Å². The third-order valence-electron chi connectivity index (χ3n) is 6.01. The molecule has 0 saturated heterocycles. The highest BCUT2D eigenvalue weighted by atomic mass is 35.5. The van der Waals surface area contributed by atoms with Gasteiger partial charge in [0.25, 0.3) is 0 Å². The van der Waals surface area contributed by atoms with E-state index in [1.54, 1.807) is 78.9 Å². The van der Waals surface area contributed by atoms with E-state index in [0.29, 0.717) is 28.5 Å². The Morgan fingerprint density at radius 1 is 0.757 bits per heavy atom. The van der Waals surface area contributed by atoms with E-state index < -0.39 is 5.97 Å². The zero-order chi connectivity index (χ0) is 26.3. The summed E-state index contributed by atoms with van der Waals surface area (Å²) in [7, 11) is 0. The number of esters is 1. The van der Waals surface area contributed by atoms with Crippen LogP contribution < -0.4 is 9.47 Å². The minimum Gasteiger partial charge on any atom is -0.494 e. The Morgan fingerprint density at radius 3 is 2.05 bits per heavy atom. The van der Waals surface area contributed by atoms with Crippen LogP contribution in [0.3, 0.4) is 0 Å². The zero-order valence-electron chi connectivity index (χ0n) is 21.5. The number of hydrogen-bond acceptors (Lipinski definition) is 4. The van der Waals surface area contributed by atoms with Crippen LogP contribution in [0, 0.1) is 0 Å². The van der Waals surface area contributed by atoms with E-state index in [2.05, 4.69) is 6.92 Å². The maximum absolute atomic E-state index is 12.5. The third kappa shape index (κ3) is 9.89. The molecule has 0 radical (unpaired) electrons. The molecule has 5 heteroatoms. The second-order valence-electron chi connectivity index (χ2n) is 8.98. The highest BCUT2D eigenvalue weighted by molar-refractivity contribution is 6.34. The van der Waals surface area contributed by atoms with Gasteiger partial charge in [-0.3, -0.25) is 4.79 Å². The molecule has 0 fully saturated rings. The van der Waals surface area contributed by atoms with Crippen molar-refractivity contribution in [1.82, 2.24) is 0 Å². The van der Waals surface area contributed by atoms with E-state index in [1.807, 2.05) is 0 Å². The normalized spacial score (nSPS) is 11.0. The summed E-state index contributed by atoms with van der Waals surface area (Å²) in [5.74, 6) is 0.565. The monoisotopic (exact) mass is 518 g/mol. The van der Waals surface area contributed by atoms with Crippen LogP contribution in [0.2, 0.25) is 5.02 Å². The Kier molecular flexibility index (Phi) is 12.0. The molecule has 0 aliphatic heterocycles. The largest absolute Gasteiger partial charge is 0.494 e. The molecule has 0 aliphatic rings. The lowest BCUT2D eigenvalue weighted by atomic mass is 10.1. The molecule has 0 aliphatic carbocycles. The van der Waals surface area contributed by atoms with Crippen LogP contribution in [0.1, 0.15) is 84.6 Å². The van der Waals surface area contributed by atoms with E-state index >= 15 is 0 Å². The molecule has 3 aromatic carbocycles. The first-order valence-corrected chi connectivity index (χ1v) is 13.5. The highest BCUT2D eigenvalue weighted by Gasteiger charge is 2.09. The predicted molar refractivity (Wildman–Crippen MR) is 151 cm³/mol. The van der Waals surface area contributed by atoms with Gasteiger partial charge in [-0.05, 0) is 66.6 Å². The lowest BCUT2D eigenvalue weighted by Crippen LogP contribution is -2.08. The van der Waals surface area contributed by atoms with Crippen molar-refractivity contribution in [2.24, 2.45) is 0 Å². The maximum Gasteiger partial charge on any atom is 0.343 e.